The van der Waals surface area contributed by atoms with Crippen molar-refractivity contribution in [3.8, 4) is 5.75 Å². The van der Waals surface area contributed by atoms with Crippen LogP contribution in [-0.4, -0.2) is 62.8 Å². The van der Waals surface area contributed by atoms with E-state index in [0.717, 1.165) is 0 Å². The summed E-state index contributed by atoms with van der Waals surface area (Å²) < 4.78 is 4.83. The lowest BCUT2D eigenvalue weighted by molar-refractivity contribution is -0.278. The van der Waals surface area contributed by atoms with Crippen molar-refractivity contribution >= 4 is 5.69 Å². The molecule has 1 fully saturated rings. The topological polar surface area (TPSA) is 157 Å². The highest BCUT2D eigenvalue weighted by Crippen LogP contribution is 2.21. The molecule has 1 unspecified atom stereocenters. The van der Waals surface area contributed by atoms with Gasteiger partial charge in [-0.25, -0.2) is 0 Å². The number of rotatable bonds is 3. The summed E-state index contributed by atoms with van der Waals surface area (Å²) in [6, 6.07) is 0. The predicted molar refractivity (Wildman–Crippen MR) is 60.4 cm³/mol. The van der Waals surface area contributed by atoms with Crippen molar-refractivity contribution in [3.05, 3.63) is 20.4 Å². The monoisotopic (exact) mass is 275 g/mol. The Bertz CT molecular complexity index is 536. The van der Waals surface area contributed by atoms with Crippen LogP contribution in [0.2, 0.25) is 0 Å². The van der Waals surface area contributed by atoms with Crippen LogP contribution in [0.3, 0.4) is 0 Å². The molecule has 5 atom stereocenters. The number of aliphatic hydroxyl groups is 4. The molecule has 0 aromatic heterocycles. The second-order valence-electron chi connectivity index (χ2n) is 4.30. The van der Waals surface area contributed by atoms with Crippen LogP contribution in [0.1, 0.15) is 0 Å². The molecule has 0 radical (unpaired) electrons. The second-order valence-corrected chi connectivity index (χ2v) is 4.30. The number of hydrogen-bond donors (Lipinski definition) is 6. The Labute approximate surface area is 106 Å². The van der Waals surface area contributed by atoms with E-state index in [2.05, 4.69) is 5.32 Å². The molecule has 9 nitrogen and oxygen atoms in total. The number of anilines is 1. The highest BCUT2D eigenvalue weighted by Gasteiger charge is 2.43. The SMILES string of the molecule is O=c1c(O)c(NC[C@H]2OC(O)[C@H](O)[C@@H](O)[C@@H]2O)c1=O. The third kappa shape index (κ3) is 2.22. The third-order valence-corrected chi connectivity index (χ3v) is 3.05. The van der Waals surface area contributed by atoms with Crippen molar-refractivity contribution in [2.75, 3.05) is 11.9 Å². The van der Waals surface area contributed by atoms with Crippen LogP contribution in [0.25, 0.3) is 0 Å². The fourth-order valence-electron chi connectivity index (χ4n) is 1.85. The lowest BCUT2D eigenvalue weighted by atomic mass is 9.99. The van der Waals surface area contributed by atoms with Gasteiger partial charge >= 0.3 is 0 Å². The molecule has 106 valence electrons. The van der Waals surface area contributed by atoms with Gasteiger partial charge in [-0.15, -0.1) is 0 Å². The molecule has 0 amide bonds. The first-order valence-electron chi connectivity index (χ1n) is 5.48. The number of aliphatic hydroxyl groups excluding tert-OH is 4. The first-order valence-corrected chi connectivity index (χ1v) is 5.48. The van der Waals surface area contributed by atoms with Crippen molar-refractivity contribution in [1.82, 2.24) is 0 Å². The molecular formula is C10H13NO8. The summed E-state index contributed by atoms with van der Waals surface area (Å²) in [5.74, 6) is -0.712. The minimum Gasteiger partial charge on any atom is -0.502 e. The van der Waals surface area contributed by atoms with E-state index in [4.69, 9.17) is 9.84 Å². The summed E-state index contributed by atoms with van der Waals surface area (Å²) in [7, 11) is 0. The van der Waals surface area contributed by atoms with Crippen LogP contribution in [-0.2, 0) is 4.74 Å². The summed E-state index contributed by atoms with van der Waals surface area (Å²) in [6.07, 6.45) is -7.58. The summed E-state index contributed by atoms with van der Waals surface area (Å²) in [5, 5.41) is 49.0. The molecule has 0 bridgehead atoms. The second kappa shape index (κ2) is 4.87. The fraction of sp³-hybridized carbons (Fsp3) is 0.600. The molecule has 1 aromatic rings. The summed E-state index contributed by atoms with van der Waals surface area (Å²) in [6.45, 7) is -0.250. The molecule has 9 heteroatoms. The predicted octanol–water partition coefficient (Wildman–Crippen LogP) is -3.80. The average molecular weight is 275 g/mol. The molecule has 0 saturated carbocycles. The third-order valence-electron chi connectivity index (χ3n) is 3.05. The zero-order valence-electron chi connectivity index (χ0n) is 9.55. The van der Waals surface area contributed by atoms with E-state index in [9.17, 15) is 30.0 Å². The Morgan fingerprint density at radius 1 is 1.00 bits per heavy atom. The number of ether oxygens (including phenoxy) is 1. The maximum atomic E-state index is 11.0. The maximum Gasteiger partial charge on any atom is 0.271 e. The highest BCUT2D eigenvalue weighted by molar-refractivity contribution is 5.60. The van der Waals surface area contributed by atoms with E-state index in [1.165, 1.54) is 0 Å². The lowest BCUT2D eigenvalue weighted by Crippen LogP contribution is -2.59. The van der Waals surface area contributed by atoms with E-state index in [-0.39, 0.29) is 12.2 Å². The van der Waals surface area contributed by atoms with Gasteiger partial charge in [-0.1, -0.05) is 0 Å². The van der Waals surface area contributed by atoms with E-state index in [0.29, 0.717) is 0 Å². The summed E-state index contributed by atoms with van der Waals surface area (Å²) in [5.41, 5.74) is -2.22. The summed E-state index contributed by atoms with van der Waals surface area (Å²) in [4.78, 5) is 21.8. The van der Waals surface area contributed by atoms with Gasteiger partial charge in [-0.3, -0.25) is 9.59 Å². The van der Waals surface area contributed by atoms with Gasteiger partial charge in [0.05, 0.1) is 0 Å². The van der Waals surface area contributed by atoms with E-state index >= 15 is 0 Å². The fourth-order valence-corrected chi connectivity index (χ4v) is 1.85. The first kappa shape index (κ1) is 13.9. The van der Waals surface area contributed by atoms with Gasteiger partial charge < -0.3 is 35.6 Å². The van der Waals surface area contributed by atoms with Crippen LogP contribution in [0, 0.1) is 0 Å². The molecule has 2 rings (SSSR count). The molecule has 0 aliphatic carbocycles. The smallest absolute Gasteiger partial charge is 0.271 e. The number of hydrogen-bond acceptors (Lipinski definition) is 9. The lowest BCUT2D eigenvalue weighted by Gasteiger charge is -2.38. The Hall–Kier alpha value is -1.52. The Kier molecular flexibility index (Phi) is 3.56. The van der Waals surface area contributed by atoms with Crippen LogP contribution in [0.4, 0.5) is 5.69 Å². The standard InChI is InChI=1S/C10H13NO8/c12-4-2(19-10(18)9(17)7(4)15)1-11-3-5(13)8(16)6(3)14/h2,4,7,9-13,15,17-18H,1H2/t2-,4-,7+,9-,10?/m1/s1. The molecule has 1 heterocycles. The van der Waals surface area contributed by atoms with Crippen LogP contribution in [0.15, 0.2) is 9.59 Å². The van der Waals surface area contributed by atoms with Gasteiger partial charge in [0.25, 0.3) is 10.9 Å². The van der Waals surface area contributed by atoms with Gasteiger partial charge in [0, 0.05) is 6.54 Å². The van der Waals surface area contributed by atoms with Crippen LogP contribution in [0.5, 0.6) is 5.75 Å². The van der Waals surface area contributed by atoms with Crippen molar-refractivity contribution in [2.45, 2.75) is 30.7 Å². The highest BCUT2D eigenvalue weighted by atomic mass is 16.6. The van der Waals surface area contributed by atoms with Gasteiger partial charge in [0.2, 0.25) is 0 Å². The van der Waals surface area contributed by atoms with Crippen molar-refractivity contribution < 1.29 is 30.3 Å². The molecule has 0 spiro atoms. The number of nitrogens with one attached hydrogen (secondary N) is 1. The Balaban J connectivity index is 2.00. The van der Waals surface area contributed by atoms with Crippen LogP contribution >= 0.6 is 0 Å². The van der Waals surface area contributed by atoms with Gasteiger partial charge in [0.1, 0.15) is 30.1 Å². The normalized spacial score (nSPS) is 35.5. The minimum atomic E-state index is -1.69. The van der Waals surface area contributed by atoms with Crippen molar-refractivity contribution in [1.29, 1.82) is 0 Å². The van der Waals surface area contributed by atoms with Crippen molar-refractivity contribution in [2.24, 2.45) is 0 Å². The molecule has 1 aliphatic rings. The molecule has 1 aromatic carbocycles. The molecule has 19 heavy (non-hydrogen) atoms. The van der Waals surface area contributed by atoms with Gasteiger partial charge in [-0.05, 0) is 0 Å². The zero-order valence-corrected chi connectivity index (χ0v) is 9.55. The minimum absolute atomic E-state index is 0.250. The Morgan fingerprint density at radius 3 is 2.21 bits per heavy atom. The molecular weight excluding hydrogens is 262 g/mol. The molecule has 6 N–H and O–H groups in total. The van der Waals surface area contributed by atoms with Gasteiger partial charge in [0.15, 0.2) is 12.0 Å². The first-order chi connectivity index (χ1) is 8.84. The van der Waals surface area contributed by atoms with Gasteiger partial charge in [-0.2, -0.15) is 0 Å². The summed E-state index contributed by atoms with van der Waals surface area (Å²) >= 11 is 0. The largest absolute Gasteiger partial charge is 0.502 e. The zero-order chi connectivity index (χ0) is 14.3. The Morgan fingerprint density at radius 2 is 1.63 bits per heavy atom. The molecule has 1 aliphatic heterocycles. The quantitative estimate of drug-likeness (QED) is 0.304. The van der Waals surface area contributed by atoms with Crippen LogP contribution < -0.4 is 16.2 Å². The average Bonchev–Trinajstić information content (AvgIpc) is 2.41. The van der Waals surface area contributed by atoms with Crippen molar-refractivity contribution in [3.63, 3.8) is 0 Å². The maximum absolute atomic E-state index is 11.0. The number of aromatic hydroxyl groups is 1. The van der Waals surface area contributed by atoms with E-state index in [1.54, 1.807) is 0 Å². The van der Waals surface area contributed by atoms with E-state index < -0.39 is 47.3 Å². The van der Waals surface area contributed by atoms with E-state index in [1.807, 2.05) is 0 Å². The molecule has 1 saturated heterocycles.